The Hall–Kier alpha value is -1.26. The van der Waals surface area contributed by atoms with Gasteiger partial charge in [0.2, 0.25) is 0 Å². The van der Waals surface area contributed by atoms with Crippen LogP contribution in [0.5, 0.6) is 0 Å². The van der Waals surface area contributed by atoms with Gasteiger partial charge < -0.3 is 15.7 Å². The Morgan fingerprint density at radius 2 is 1.68 bits per heavy atom. The molecule has 1 unspecified atom stereocenters. The van der Waals surface area contributed by atoms with Crippen LogP contribution in [-0.4, -0.2) is 29.2 Å². The minimum atomic E-state index is -0.841. The number of carboxylic acids is 1. The Labute approximate surface area is 114 Å². The maximum absolute atomic E-state index is 11.9. The topological polar surface area (TPSA) is 78.4 Å². The van der Waals surface area contributed by atoms with Gasteiger partial charge in [-0.15, -0.1) is 0 Å². The molecule has 2 fully saturated rings. The monoisotopic (exact) mass is 268 g/mol. The summed E-state index contributed by atoms with van der Waals surface area (Å²) in [5.41, 5.74) is 0. The Morgan fingerprint density at radius 1 is 1.05 bits per heavy atom. The molecule has 1 atom stereocenters. The largest absolute Gasteiger partial charge is 0.481 e. The standard InChI is InChI=1S/C14H24N2O3/c17-13(18)9-12(10-7-8-10)16-14(19)15-11-5-3-1-2-4-6-11/h10-12H,1-9H2,(H,17,18)(H2,15,16,19). The molecule has 0 heterocycles. The molecule has 108 valence electrons. The lowest BCUT2D eigenvalue weighted by molar-refractivity contribution is -0.137. The van der Waals surface area contributed by atoms with Crippen molar-refractivity contribution in [1.82, 2.24) is 10.6 Å². The zero-order chi connectivity index (χ0) is 13.7. The Bertz CT molecular complexity index is 321. The Morgan fingerprint density at radius 3 is 2.21 bits per heavy atom. The van der Waals surface area contributed by atoms with Gasteiger partial charge in [-0.2, -0.15) is 0 Å². The van der Waals surface area contributed by atoms with Crippen LogP contribution in [0.2, 0.25) is 0 Å². The summed E-state index contributed by atoms with van der Waals surface area (Å²) >= 11 is 0. The van der Waals surface area contributed by atoms with Gasteiger partial charge in [-0.3, -0.25) is 4.79 Å². The first-order valence-electron chi connectivity index (χ1n) is 7.44. The lowest BCUT2D eigenvalue weighted by Crippen LogP contribution is -2.47. The highest BCUT2D eigenvalue weighted by atomic mass is 16.4. The number of aliphatic carboxylic acids is 1. The molecule has 5 heteroatoms. The van der Waals surface area contributed by atoms with E-state index >= 15 is 0 Å². The molecule has 0 aromatic heterocycles. The summed E-state index contributed by atoms with van der Waals surface area (Å²) in [6.45, 7) is 0. The van der Waals surface area contributed by atoms with Gasteiger partial charge >= 0.3 is 12.0 Å². The van der Waals surface area contributed by atoms with Gasteiger partial charge in [-0.05, 0) is 31.6 Å². The predicted molar refractivity (Wildman–Crippen MR) is 71.9 cm³/mol. The number of hydrogen-bond donors (Lipinski definition) is 3. The molecule has 3 N–H and O–H groups in total. The molecule has 2 aliphatic rings. The molecule has 2 rings (SSSR count). The highest BCUT2D eigenvalue weighted by Gasteiger charge is 2.34. The van der Waals surface area contributed by atoms with E-state index in [1.54, 1.807) is 0 Å². The molecule has 19 heavy (non-hydrogen) atoms. The first-order chi connectivity index (χ1) is 9.15. The number of hydrogen-bond acceptors (Lipinski definition) is 2. The summed E-state index contributed by atoms with van der Waals surface area (Å²) in [6.07, 6.45) is 9.03. The van der Waals surface area contributed by atoms with E-state index in [-0.39, 0.29) is 24.5 Å². The van der Waals surface area contributed by atoms with Crippen LogP contribution in [0.25, 0.3) is 0 Å². The van der Waals surface area contributed by atoms with Gasteiger partial charge in [-0.25, -0.2) is 4.79 Å². The zero-order valence-electron chi connectivity index (χ0n) is 11.4. The molecule has 5 nitrogen and oxygen atoms in total. The van der Waals surface area contributed by atoms with Crippen LogP contribution in [0.1, 0.15) is 57.8 Å². The Kier molecular flexibility index (Phi) is 5.05. The van der Waals surface area contributed by atoms with Gasteiger partial charge in [0.25, 0.3) is 0 Å². The maximum atomic E-state index is 11.9. The number of urea groups is 1. The van der Waals surface area contributed by atoms with Crippen molar-refractivity contribution in [2.75, 3.05) is 0 Å². The van der Waals surface area contributed by atoms with Crippen LogP contribution < -0.4 is 10.6 Å². The van der Waals surface area contributed by atoms with Crippen LogP contribution in [0, 0.1) is 5.92 Å². The fourth-order valence-corrected chi connectivity index (χ4v) is 2.84. The summed E-state index contributed by atoms with van der Waals surface area (Å²) in [6, 6.07) is -0.138. The smallest absolute Gasteiger partial charge is 0.315 e. The average Bonchev–Trinajstić information content (AvgIpc) is 3.15. The van der Waals surface area contributed by atoms with Crippen LogP contribution in [-0.2, 0) is 4.79 Å². The number of carbonyl (C=O) groups is 2. The number of carbonyl (C=O) groups excluding carboxylic acids is 1. The molecule has 0 aromatic rings. The summed E-state index contributed by atoms with van der Waals surface area (Å²) in [5.74, 6) is -0.484. The summed E-state index contributed by atoms with van der Waals surface area (Å²) in [4.78, 5) is 22.7. The van der Waals surface area contributed by atoms with E-state index in [2.05, 4.69) is 10.6 Å². The first kappa shape index (κ1) is 14.2. The lowest BCUT2D eigenvalue weighted by atomic mass is 10.1. The van der Waals surface area contributed by atoms with Crippen LogP contribution in [0.3, 0.4) is 0 Å². The second-order valence-corrected chi connectivity index (χ2v) is 5.85. The third-order valence-corrected chi connectivity index (χ3v) is 4.09. The van der Waals surface area contributed by atoms with Crippen molar-refractivity contribution in [2.24, 2.45) is 5.92 Å². The first-order valence-corrected chi connectivity index (χ1v) is 7.44. The van der Waals surface area contributed by atoms with E-state index in [0.29, 0.717) is 5.92 Å². The van der Waals surface area contributed by atoms with Crippen molar-refractivity contribution in [3.05, 3.63) is 0 Å². The minimum Gasteiger partial charge on any atom is -0.481 e. The van der Waals surface area contributed by atoms with Crippen LogP contribution in [0.4, 0.5) is 4.79 Å². The van der Waals surface area contributed by atoms with E-state index in [1.807, 2.05) is 0 Å². The molecule has 0 saturated heterocycles. The molecule has 0 bridgehead atoms. The van der Waals surface area contributed by atoms with Gasteiger partial charge in [-0.1, -0.05) is 25.7 Å². The predicted octanol–water partition coefficient (Wildman–Crippen LogP) is 2.26. The lowest BCUT2D eigenvalue weighted by Gasteiger charge is -2.21. The van der Waals surface area contributed by atoms with E-state index in [9.17, 15) is 9.59 Å². The van der Waals surface area contributed by atoms with Gasteiger partial charge in [0.1, 0.15) is 0 Å². The van der Waals surface area contributed by atoms with E-state index in [0.717, 1.165) is 25.7 Å². The maximum Gasteiger partial charge on any atom is 0.315 e. The van der Waals surface area contributed by atoms with Crippen molar-refractivity contribution < 1.29 is 14.7 Å². The fourth-order valence-electron chi connectivity index (χ4n) is 2.84. The van der Waals surface area contributed by atoms with Crippen molar-refractivity contribution in [3.63, 3.8) is 0 Å². The molecule has 0 spiro atoms. The number of carboxylic acid groups (broad SMARTS) is 1. The van der Waals surface area contributed by atoms with Crippen molar-refractivity contribution >= 4 is 12.0 Å². The molecule has 0 aliphatic heterocycles. The molecular formula is C14H24N2O3. The molecule has 0 aromatic carbocycles. The number of rotatable bonds is 5. The highest BCUT2D eigenvalue weighted by molar-refractivity contribution is 5.76. The minimum absolute atomic E-state index is 0.0305. The normalized spacial score (nSPS) is 22.3. The van der Waals surface area contributed by atoms with E-state index in [4.69, 9.17) is 5.11 Å². The molecule has 2 saturated carbocycles. The summed E-state index contributed by atoms with van der Waals surface area (Å²) in [7, 11) is 0. The average molecular weight is 268 g/mol. The van der Waals surface area contributed by atoms with Crippen molar-refractivity contribution in [2.45, 2.75) is 69.9 Å². The van der Waals surface area contributed by atoms with Gasteiger partial charge in [0.15, 0.2) is 0 Å². The second kappa shape index (κ2) is 6.78. The SMILES string of the molecule is O=C(O)CC(NC(=O)NC1CCCCCC1)C1CC1. The van der Waals surface area contributed by atoms with Crippen LogP contribution >= 0.6 is 0 Å². The molecular weight excluding hydrogens is 244 g/mol. The summed E-state index contributed by atoms with van der Waals surface area (Å²) in [5, 5.41) is 14.7. The van der Waals surface area contributed by atoms with E-state index in [1.165, 1.54) is 25.7 Å². The molecule has 0 radical (unpaired) electrons. The van der Waals surface area contributed by atoms with Crippen LogP contribution in [0.15, 0.2) is 0 Å². The fraction of sp³-hybridized carbons (Fsp3) is 0.857. The molecule has 2 aliphatic carbocycles. The Balaban J connectivity index is 1.76. The number of amides is 2. The highest BCUT2D eigenvalue weighted by Crippen LogP contribution is 2.34. The van der Waals surface area contributed by atoms with Gasteiger partial charge in [0.05, 0.1) is 6.42 Å². The zero-order valence-corrected chi connectivity index (χ0v) is 11.4. The van der Waals surface area contributed by atoms with Crippen molar-refractivity contribution in [1.29, 1.82) is 0 Å². The third kappa shape index (κ3) is 5.09. The number of nitrogens with one attached hydrogen (secondary N) is 2. The summed E-state index contributed by atoms with van der Waals surface area (Å²) < 4.78 is 0. The second-order valence-electron chi connectivity index (χ2n) is 5.85. The van der Waals surface area contributed by atoms with Gasteiger partial charge in [0, 0.05) is 12.1 Å². The third-order valence-electron chi connectivity index (χ3n) is 4.09. The van der Waals surface area contributed by atoms with Crippen molar-refractivity contribution in [3.8, 4) is 0 Å². The van der Waals surface area contributed by atoms with E-state index < -0.39 is 5.97 Å². The molecule has 2 amide bonds. The quantitative estimate of drug-likeness (QED) is 0.669.